The summed E-state index contributed by atoms with van der Waals surface area (Å²) in [6.07, 6.45) is 1.08. The van der Waals surface area contributed by atoms with Crippen LogP contribution < -0.4 is 10.1 Å². The van der Waals surface area contributed by atoms with E-state index >= 15 is 0 Å². The summed E-state index contributed by atoms with van der Waals surface area (Å²) in [5, 5.41) is 3.51. The van der Waals surface area contributed by atoms with E-state index in [-0.39, 0.29) is 0 Å². The van der Waals surface area contributed by atoms with Gasteiger partial charge in [0, 0.05) is 30.4 Å². The number of hydrogen-bond donors (Lipinski definition) is 1. The highest BCUT2D eigenvalue weighted by Gasteiger charge is 2.06. The van der Waals surface area contributed by atoms with Crippen molar-refractivity contribution in [3.63, 3.8) is 0 Å². The third-order valence-electron chi connectivity index (χ3n) is 3.69. The van der Waals surface area contributed by atoms with Crippen molar-refractivity contribution in [1.82, 2.24) is 10.3 Å². The summed E-state index contributed by atoms with van der Waals surface area (Å²) in [6.45, 7) is 7.06. The van der Waals surface area contributed by atoms with Crippen molar-refractivity contribution in [2.75, 3.05) is 7.11 Å². The lowest BCUT2D eigenvalue weighted by atomic mass is 10.0. The SMILES string of the molecule is CCc1ccc(C(C)NCc2cc(OC)cc(C)n2)cc1. The molecule has 112 valence electrons. The van der Waals surface area contributed by atoms with E-state index in [0.717, 1.165) is 30.1 Å². The number of ether oxygens (including phenoxy) is 1. The van der Waals surface area contributed by atoms with Crippen molar-refractivity contribution < 1.29 is 4.74 Å². The van der Waals surface area contributed by atoms with Crippen molar-refractivity contribution in [2.24, 2.45) is 0 Å². The Balaban J connectivity index is 1.99. The lowest BCUT2D eigenvalue weighted by Crippen LogP contribution is -2.19. The summed E-state index contributed by atoms with van der Waals surface area (Å²) in [5.74, 6) is 0.860. The van der Waals surface area contributed by atoms with Crippen molar-refractivity contribution in [3.8, 4) is 5.75 Å². The van der Waals surface area contributed by atoms with Crippen molar-refractivity contribution in [2.45, 2.75) is 39.8 Å². The number of hydrogen-bond acceptors (Lipinski definition) is 3. The molecule has 1 aromatic heterocycles. The maximum atomic E-state index is 5.28. The molecule has 1 N–H and O–H groups in total. The van der Waals surface area contributed by atoms with Crippen LogP contribution in [0, 0.1) is 6.92 Å². The average molecular weight is 284 g/mol. The minimum absolute atomic E-state index is 0.296. The maximum Gasteiger partial charge on any atom is 0.122 e. The van der Waals surface area contributed by atoms with Crippen molar-refractivity contribution >= 4 is 0 Å². The molecule has 0 aliphatic carbocycles. The van der Waals surface area contributed by atoms with E-state index in [9.17, 15) is 0 Å². The zero-order valence-corrected chi connectivity index (χ0v) is 13.3. The fourth-order valence-electron chi connectivity index (χ4n) is 2.33. The van der Waals surface area contributed by atoms with Gasteiger partial charge in [-0.2, -0.15) is 0 Å². The van der Waals surface area contributed by atoms with E-state index in [2.05, 4.69) is 48.4 Å². The molecule has 0 spiro atoms. The summed E-state index contributed by atoms with van der Waals surface area (Å²) in [7, 11) is 1.68. The fraction of sp³-hybridized carbons (Fsp3) is 0.389. The van der Waals surface area contributed by atoms with Gasteiger partial charge >= 0.3 is 0 Å². The Morgan fingerprint density at radius 1 is 1.19 bits per heavy atom. The van der Waals surface area contributed by atoms with Gasteiger partial charge in [-0.05, 0) is 31.4 Å². The number of methoxy groups -OCH3 is 1. The molecule has 1 unspecified atom stereocenters. The number of rotatable bonds is 6. The second-order valence-electron chi connectivity index (χ2n) is 5.34. The van der Waals surface area contributed by atoms with Crippen LogP contribution in [0.4, 0.5) is 0 Å². The first-order valence-electron chi connectivity index (χ1n) is 7.46. The highest BCUT2D eigenvalue weighted by molar-refractivity contribution is 5.27. The number of pyridine rings is 1. The van der Waals surface area contributed by atoms with E-state index in [1.54, 1.807) is 7.11 Å². The van der Waals surface area contributed by atoms with E-state index in [1.165, 1.54) is 11.1 Å². The van der Waals surface area contributed by atoms with E-state index < -0.39 is 0 Å². The summed E-state index contributed by atoms with van der Waals surface area (Å²) in [6, 6.07) is 13.0. The molecule has 0 radical (unpaired) electrons. The Kier molecular flexibility index (Phi) is 5.34. The molecule has 21 heavy (non-hydrogen) atoms. The smallest absolute Gasteiger partial charge is 0.122 e. The van der Waals surface area contributed by atoms with Crippen LogP contribution in [0.25, 0.3) is 0 Å². The maximum absolute atomic E-state index is 5.28. The lowest BCUT2D eigenvalue weighted by Gasteiger charge is -2.15. The second-order valence-corrected chi connectivity index (χ2v) is 5.34. The number of benzene rings is 1. The quantitative estimate of drug-likeness (QED) is 0.876. The molecule has 2 rings (SSSR count). The summed E-state index contributed by atoms with van der Waals surface area (Å²) >= 11 is 0. The molecule has 0 bridgehead atoms. The molecule has 0 aliphatic rings. The van der Waals surface area contributed by atoms with Crippen LogP contribution in [0.15, 0.2) is 36.4 Å². The number of aromatic nitrogens is 1. The minimum atomic E-state index is 0.296. The van der Waals surface area contributed by atoms with E-state index in [1.807, 2.05) is 19.1 Å². The first-order valence-corrected chi connectivity index (χ1v) is 7.46. The Hall–Kier alpha value is -1.87. The minimum Gasteiger partial charge on any atom is -0.497 e. The second kappa shape index (κ2) is 7.23. The molecule has 1 heterocycles. The first kappa shape index (κ1) is 15.5. The van der Waals surface area contributed by atoms with Gasteiger partial charge in [0.25, 0.3) is 0 Å². The molecular formula is C18H24N2O. The average Bonchev–Trinajstić information content (AvgIpc) is 2.52. The van der Waals surface area contributed by atoms with Gasteiger partial charge in [-0.3, -0.25) is 4.98 Å². The number of nitrogens with zero attached hydrogens (tertiary/aromatic N) is 1. The van der Waals surface area contributed by atoms with Crippen LogP contribution in [0.3, 0.4) is 0 Å². The van der Waals surface area contributed by atoms with E-state index in [0.29, 0.717) is 6.04 Å². The molecular weight excluding hydrogens is 260 g/mol. The van der Waals surface area contributed by atoms with Gasteiger partial charge in [0.2, 0.25) is 0 Å². The predicted molar refractivity (Wildman–Crippen MR) is 86.6 cm³/mol. The van der Waals surface area contributed by atoms with Crippen LogP contribution in [-0.2, 0) is 13.0 Å². The molecule has 1 atom stereocenters. The van der Waals surface area contributed by atoms with Gasteiger partial charge in [0.1, 0.15) is 5.75 Å². The topological polar surface area (TPSA) is 34.1 Å². The zero-order valence-electron chi connectivity index (χ0n) is 13.3. The van der Waals surface area contributed by atoms with Crippen LogP contribution >= 0.6 is 0 Å². The Morgan fingerprint density at radius 2 is 1.90 bits per heavy atom. The Labute approximate surface area is 127 Å². The van der Waals surface area contributed by atoms with Crippen LogP contribution in [0.5, 0.6) is 5.75 Å². The highest BCUT2D eigenvalue weighted by Crippen LogP contribution is 2.16. The molecule has 0 aliphatic heterocycles. The molecule has 0 amide bonds. The lowest BCUT2D eigenvalue weighted by molar-refractivity contribution is 0.412. The Morgan fingerprint density at radius 3 is 2.52 bits per heavy atom. The molecule has 0 saturated carbocycles. The zero-order chi connectivity index (χ0) is 15.2. The molecule has 2 aromatic rings. The van der Waals surface area contributed by atoms with Gasteiger partial charge in [-0.15, -0.1) is 0 Å². The number of nitrogens with one attached hydrogen (secondary N) is 1. The van der Waals surface area contributed by atoms with Crippen molar-refractivity contribution in [1.29, 1.82) is 0 Å². The third kappa shape index (κ3) is 4.30. The number of aryl methyl sites for hydroxylation is 2. The van der Waals surface area contributed by atoms with Gasteiger partial charge < -0.3 is 10.1 Å². The van der Waals surface area contributed by atoms with Crippen LogP contribution in [0.1, 0.15) is 42.4 Å². The molecule has 0 saturated heterocycles. The normalized spacial score (nSPS) is 12.2. The van der Waals surface area contributed by atoms with Crippen molar-refractivity contribution in [3.05, 3.63) is 58.9 Å². The summed E-state index contributed by atoms with van der Waals surface area (Å²) in [5.41, 5.74) is 4.65. The third-order valence-corrected chi connectivity index (χ3v) is 3.69. The van der Waals surface area contributed by atoms with Gasteiger partial charge in [0.15, 0.2) is 0 Å². The largest absolute Gasteiger partial charge is 0.497 e. The monoisotopic (exact) mass is 284 g/mol. The molecule has 3 heteroatoms. The predicted octanol–water partition coefficient (Wildman–Crippen LogP) is 3.81. The highest BCUT2D eigenvalue weighted by atomic mass is 16.5. The summed E-state index contributed by atoms with van der Waals surface area (Å²) < 4.78 is 5.28. The molecule has 0 fully saturated rings. The fourth-order valence-corrected chi connectivity index (χ4v) is 2.33. The van der Waals surface area contributed by atoms with Gasteiger partial charge in [-0.25, -0.2) is 0 Å². The van der Waals surface area contributed by atoms with E-state index in [4.69, 9.17) is 4.74 Å². The van der Waals surface area contributed by atoms with Gasteiger partial charge in [-0.1, -0.05) is 31.2 Å². The van der Waals surface area contributed by atoms with Crippen LogP contribution in [-0.4, -0.2) is 12.1 Å². The Bertz CT molecular complexity index is 578. The van der Waals surface area contributed by atoms with Crippen LogP contribution in [0.2, 0.25) is 0 Å². The van der Waals surface area contributed by atoms with Gasteiger partial charge in [0.05, 0.1) is 12.8 Å². The summed E-state index contributed by atoms with van der Waals surface area (Å²) in [4.78, 5) is 4.53. The molecule has 3 nitrogen and oxygen atoms in total. The molecule has 1 aromatic carbocycles. The standard InChI is InChI=1S/C18H24N2O/c1-5-15-6-8-16(9-7-15)14(3)19-12-17-11-18(21-4)10-13(2)20-17/h6-11,14,19H,5,12H2,1-4H3. The first-order chi connectivity index (χ1) is 10.1.